The number of aromatic nitrogens is 1. The molecule has 4 aromatic rings. The Bertz CT molecular complexity index is 1400. The number of fused-ring (bicyclic) bond motifs is 1. The number of benzene rings is 3. The van der Waals surface area contributed by atoms with Gasteiger partial charge in [-0.2, -0.15) is 0 Å². The molecule has 0 aliphatic rings. The summed E-state index contributed by atoms with van der Waals surface area (Å²) in [6, 6.07) is 16.9. The average Bonchev–Trinajstić information content (AvgIpc) is 3.28. The summed E-state index contributed by atoms with van der Waals surface area (Å²) in [5, 5.41) is 10.7. The highest BCUT2D eigenvalue weighted by atomic mass is 79.9. The number of carboxylic acid groups (broad SMARTS) is 1. The molecular formula is C27H24BrFN2O5. The lowest BCUT2D eigenvalue weighted by molar-refractivity contribution is -0.134. The van der Waals surface area contributed by atoms with Crippen LogP contribution >= 0.6 is 15.9 Å². The zero-order chi connectivity index (χ0) is 25.7. The molecule has 9 heteroatoms. The Labute approximate surface area is 215 Å². The first kappa shape index (κ1) is 25.2. The lowest BCUT2D eigenvalue weighted by Crippen LogP contribution is -2.36. The number of nitrogens with one attached hydrogen (secondary N) is 1. The molecule has 0 bridgehead atoms. The number of para-hydroxylation sites is 1. The van der Waals surface area contributed by atoms with E-state index in [9.17, 15) is 19.1 Å². The molecule has 0 saturated carbocycles. The van der Waals surface area contributed by atoms with Gasteiger partial charge in [0.05, 0.1) is 7.11 Å². The predicted octanol–water partition coefficient (Wildman–Crippen LogP) is 5.43. The van der Waals surface area contributed by atoms with Gasteiger partial charge in [0.1, 0.15) is 11.4 Å². The van der Waals surface area contributed by atoms with Gasteiger partial charge < -0.3 is 24.5 Å². The molecule has 0 aliphatic carbocycles. The van der Waals surface area contributed by atoms with E-state index in [1.165, 1.54) is 25.3 Å². The number of hydrogen-bond donors (Lipinski definition) is 2. The number of ether oxygens (including phenoxy) is 2. The summed E-state index contributed by atoms with van der Waals surface area (Å²) < 4.78 is 25.3. The summed E-state index contributed by atoms with van der Waals surface area (Å²) in [5.41, 5.74) is 2.55. The molecule has 1 heterocycles. The fourth-order valence-corrected chi connectivity index (χ4v) is 4.43. The number of hydrogen-bond acceptors (Lipinski definition) is 4. The van der Waals surface area contributed by atoms with Crippen LogP contribution in [0.1, 0.15) is 21.5 Å². The maximum Gasteiger partial charge on any atom is 0.339 e. The number of aromatic amines is 1. The quantitative estimate of drug-likeness (QED) is 0.273. The topological polar surface area (TPSA) is 91.9 Å². The molecule has 0 atom stereocenters. The summed E-state index contributed by atoms with van der Waals surface area (Å²) in [7, 11) is 1.39. The number of carbonyl (C=O) groups is 2. The molecule has 0 radical (unpaired) electrons. The molecule has 1 aromatic heterocycles. The molecule has 0 unspecified atom stereocenters. The normalized spacial score (nSPS) is 10.9. The number of halogens is 2. The second-order valence-electron chi connectivity index (χ2n) is 8.13. The first-order valence-electron chi connectivity index (χ1n) is 11.2. The van der Waals surface area contributed by atoms with Gasteiger partial charge >= 0.3 is 5.97 Å². The Hall–Kier alpha value is -3.85. The van der Waals surface area contributed by atoms with E-state index < -0.39 is 18.4 Å². The second kappa shape index (κ2) is 11.3. The molecule has 2 N–H and O–H groups in total. The van der Waals surface area contributed by atoms with Gasteiger partial charge in [0.25, 0.3) is 5.91 Å². The van der Waals surface area contributed by atoms with Crippen LogP contribution in [0, 0.1) is 5.82 Å². The highest BCUT2D eigenvalue weighted by Gasteiger charge is 2.22. The third-order valence-corrected chi connectivity index (χ3v) is 6.21. The van der Waals surface area contributed by atoms with Crippen molar-refractivity contribution in [3.8, 4) is 11.5 Å². The summed E-state index contributed by atoms with van der Waals surface area (Å²) in [5.74, 6) is -1.83. The van der Waals surface area contributed by atoms with Gasteiger partial charge in [-0.25, -0.2) is 9.18 Å². The SMILES string of the molecule is COc1cc(Br)cc(C(=O)O)c1OCC(=O)N(CCc1c[nH]c2ccccc12)Cc1cccc(F)c1. The number of amides is 1. The van der Waals surface area contributed by atoms with E-state index in [1.54, 1.807) is 23.1 Å². The van der Waals surface area contributed by atoms with Crippen LogP contribution in [0.25, 0.3) is 10.9 Å². The molecule has 4 rings (SSSR count). The fourth-order valence-electron chi connectivity index (χ4n) is 3.99. The van der Waals surface area contributed by atoms with Crippen LogP contribution in [-0.4, -0.2) is 47.1 Å². The zero-order valence-electron chi connectivity index (χ0n) is 19.5. The van der Waals surface area contributed by atoms with Crippen LogP contribution < -0.4 is 9.47 Å². The van der Waals surface area contributed by atoms with Crippen molar-refractivity contribution in [1.29, 1.82) is 0 Å². The van der Waals surface area contributed by atoms with Gasteiger partial charge in [-0.15, -0.1) is 0 Å². The Morgan fingerprint density at radius 1 is 1.11 bits per heavy atom. The van der Waals surface area contributed by atoms with E-state index in [1.807, 2.05) is 30.5 Å². The zero-order valence-corrected chi connectivity index (χ0v) is 21.0. The summed E-state index contributed by atoms with van der Waals surface area (Å²) in [6.45, 7) is 0.108. The molecule has 36 heavy (non-hydrogen) atoms. The Morgan fingerprint density at radius 2 is 1.92 bits per heavy atom. The van der Waals surface area contributed by atoms with E-state index in [2.05, 4.69) is 20.9 Å². The molecule has 0 spiro atoms. The first-order valence-corrected chi connectivity index (χ1v) is 12.0. The molecule has 0 saturated heterocycles. The third-order valence-electron chi connectivity index (χ3n) is 5.75. The van der Waals surface area contributed by atoms with E-state index in [0.717, 1.165) is 16.5 Å². The van der Waals surface area contributed by atoms with Gasteiger partial charge in [-0.1, -0.05) is 46.3 Å². The Morgan fingerprint density at radius 3 is 2.67 bits per heavy atom. The monoisotopic (exact) mass is 554 g/mol. The van der Waals surface area contributed by atoms with Crippen molar-refractivity contribution < 1.29 is 28.6 Å². The van der Waals surface area contributed by atoms with Gasteiger partial charge in [0.15, 0.2) is 18.1 Å². The standard InChI is InChI=1S/C27H24BrFN2O5/c1-35-24-13-19(28)12-22(27(33)34)26(24)36-16-25(32)31(15-17-5-4-6-20(29)11-17)10-9-18-14-30-23-8-3-2-7-21(18)23/h2-8,11-14,30H,9-10,15-16H2,1H3,(H,33,34). The molecule has 7 nitrogen and oxygen atoms in total. The maximum absolute atomic E-state index is 13.8. The summed E-state index contributed by atoms with van der Waals surface area (Å²) >= 11 is 3.25. The molecular weight excluding hydrogens is 531 g/mol. The van der Waals surface area contributed by atoms with Crippen molar-refractivity contribution in [2.45, 2.75) is 13.0 Å². The van der Waals surface area contributed by atoms with Crippen LogP contribution in [0.5, 0.6) is 11.5 Å². The number of aromatic carboxylic acids is 1. The first-order chi connectivity index (χ1) is 17.4. The van der Waals surface area contributed by atoms with Crippen LogP contribution in [0.2, 0.25) is 0 Å². The number of H-pyrrole nitrogens is 1. The van der Waals surface area contributed by atoms with E-state index in [-0.39, 0.29) is 29.5 Å². The second-order valence-corrected chi connectivity index (χ2v) is 9.05. The minimum atomic E-state index is -1.21. The van der Waals surface area contributed by atoms with Crippen LogP contribution in [0.3, 0.4) is 0 Å². The van der Waals surface area contributed by atoms with Crippen molar-refractivity contribution in [2.75, 3.05) is 20.3 Å². The van der Waals surface area contributed by atoms with Crippen molar-refractivity contribution in [1.82, 2.24) is 9.88 Å². The van der Waals surface area contributed by atoms with Crippen molar-refractivity contribution in [3.63, 3.8) is 0 Å². The number of carbonyl (C=O) groups excluding carboxylic acids is 1. The largest absolute Gasteiger partial charge is 0.493 e. The molecule has 186 valence electrons. The van der Waals surface area contributed by atoms with Gasteiger partial charge in [0.2, 0.25) is 0 Å². The minimum Gasteiger partial charge on any atom is -0.493 e. The highest BCUT2D eigenvalue weighted by molar-refractivity contribution is 9.10. The predicted molar refractivity (Wildman–Crippen MR) is 137 cm³/mol. The lowest BCUT2D eigenvalue weighted by Gasteiger charge is -2.23. The van der Waals surface area contributed by atoms with Crippen LogP contribution in [0.4, 0.5) is 4.39 Å². The number of nitrogens with zero attached hydrogens (tertiary/aromatic N) is 1. The van der Waals surface area contributed by atoms with E-state index >= 15 is 0 Å². The van der Waals surface area contributed by atoms with Crippen molar-refractivity contribution >= 4 is 38.7 Å². The van der Waals surface area contributed by atoms with Crippen molar-refractivity contribution in [3.05, 3.63) is 93.8 Å². The lowest BCUT2D eigenvalue weighted by atomic mass is 10.1. The number of methoxy groups -OCH3 is 1. The average molecular weight is 555 g/mol. The summed E-state index contributed by atoms with van der Waals surface area (Å²) in [4.78, 5) is 29.8. The van der Waals surface area contributed by atoms with Gasteiger partial charge in [-0.3, -0.25) is 4.79 Å². The maximum atomic E-state index is 13.8. The highest BCUT2D eigenvalue weighted by Crippen LogP contribution is 2.35. The smallest absolute Gasteiger partial charge is 0.339 e. The Kier molecular flexibility index (Phi) is 7.90. The van der Waals surface area contributed by atoms with Crippen LogP contribution in [-0.2, 0) is 17.8 Å². The number of rotatable bonds is 10. The molecule has 3 aromatic carbocycles. The molecule has 0 aliphatic heterocycles. The minimum absolute atomic E-state index is 0.0381. The van der Waals surface area contributed by atoms with Crippen LogP contribution in [0.15, 0.2) is 71.3 Å². The van der Waals surface area contributed by atoms with E-state index in [4.69, 9.17) is 9.47 Å². The number of carboxylic acids is 1. The molecule has 1 amide bonds. The Balaban J connectivity index is 1.55. The third kappa shape index (κ3) is 5.85. The van der Waals surface area contributed by atoms with E-state index in [0.29, 0.717) is 23.0 Å². The van der Waals surface area contributed by atoms with Crippen molar-refractivity contribution in [2.24, 2.45) is 0 Å². The van der Waals surface area contributed by atoms with Gasteiger partial charge in [0, 0.05) is 34.7 Å². The summed E-state index contributed by atoms with van der Waals surface area (Å²) in [6.07, 6.45) is 2.48. The fraction of sp³-hybridized carbons (Fsp3) is 0.185. The van der Waals surface area contributed by atoms with Gasteiger partial charge in [-0.05, 0) is 47.9 Å². The molecule has 0 fully saturated rings.